The van der Waals surface area contributed by atoms with Crippen LogP contribution in [0, 0.1) is 6.92 Å². The number of rotatable bonds is 5. The van der Waals surface area contributed by atoms with Crippen molar-refractivity contribution in [2.45, 2.75) is 59.5 Å². The quantitative estimate of drug-likeness (QED) is 0.727. The van der Waals surface area contributed by atoms with Crippen LogP contribution >= 0.6 is 11.6 Å². The largest absolute Gasteiger partial charge is 0.493 e. The summed E-state index contributed by atoms with van der Waals surface area (Å²) in [6.07, 6.45) is 0.232. The first kappa shape index (κ1) is 17.8. The van der Waals surface area contributed by atoms with Gasteiger partial charge in [0.05, 0.1) is 13.0 Å². The van der Waals surface area contributed by atoms with Crippen LogP contribution in [-0.2, 0) is 9.53 Å². The van der Waals surface area contributed by atoms with Crippen LogP contribution in [0.1, 0.15) is 58.1 Å². The second-order valence-corrected chi connectivity index (χ2v) is 6.89. The number of halogens is 1. The highest BCUT2D eigenvalue weighted by Gasteiger charge is 2.16. The summed E-state index contributed by atoms with van der Waals surface area (Å²) in [6.45, 7) is 12.0. The highest BCUT2D eigenvalue weighted by Crippen LogP contribution is 2.31. The van der Waals surface area contributed by atoms with Crippen molar-refractivity contribution in [3.63, 3.8) is 0 Å². The number of carbonyl (C=O) groups is 1. The third-order valence-electron chi connectivity index (χ3n) is 2.90. The number of hydrogen-bond donors (Lipinski definition) is 0. The Morgan fingerprint density at radius 3 is 2.43 bits per heavy atom. The van der Waals surface area contributed by atoms with Crippen LogP contribution in [-0.4, -0.2) is 18.2 Å². The fraction of sp³-hybridized carbons (Fsp3) is 0.588. The van der Waals surface area contributed by atoms with Crippen LogP contribution < -0.4 is 4.74 Å². The van der Waals surface area contributed by atoms with Crippen molar-refractivity contribution >= 4 is 17.6 Å². The van der Waals surface area contributed by atoms with Gasteiger partial charge < -0.3 is 9.47 Å². The summed E-state index contributed by atoms with van der Waals surface area (Å²) < 4.78 is 11.0. The maximum Gasteiger partial charge on any atom is 0.309 e. The summed E-state index contributed by atoms with van der Waals surface area (Å²) >= 11 is 6.22. The van der Waals surface area contributed by atoms with Crippen molar-refractivity contribution in [2.24, 2.45) is 0 Å². The Balaban J connectivity index is 2.64. The van der Waals surface area contributed by atoms with Gasteiger partial charge in [-0.05, 0) is 56.9 Å². The van der Waals surface area contributed by atoms with Gasteiger partial charge >= 0.3 is 5.97 Å². The SMILES string of the molecule is Cc1cc(Cl)c(C(C)C)cc1OCCC(=O)OC(C)(C)C. The Morgan fingerprint density at radius 2 is 1.90 bits per heavy atom. The van der Waals surface area contributed by atoms with E-state index in [2.05, 4.69) is 13.8 Å². The molecular formula is C17H25ClO3. The molecule has 3 nitrogen and oxygen atoms in total. The highest BCUT2D eigenvalue weighted by atomic mass is 35.5. The second-order valence-electron chi connectivity index (χ2n) is 6.48. The van der Waals surface area contributed by atoms with E-state index in [-0.39, 0.29) is 12.4 Å². The zero-order valence-corrected chi connectivity index (χ0v) is 14.5. The topological polar surface area (TPSA) is 35.5 Å². The maximum absolute atomic E-state index is 11.6. The first-order chi connectivity index (χ1) is 9.60. The minimum atomic E-state index is -0.460. The molecule has 21 heavy (non-hydrogen) atoms. The van der Waals surface area contributed by atoms with Gasteiger partial charge in [0.25, 0.3) is 0 Å². The number of aryl methyl sites for hydroxylation is 1. The van der Waals surface area contributed by atoms with Gasteiger partial charge in [0.2, 0.25) is 0 Å². The molecule has 0 unspecified atom stereocenters. The molecule has 0 amide bonds. The molecule has 0 fully saturated rings. The summed E-state index contributed by atoms with van der Waals surface area (Å²) in [5, 5.41) is 0.752. The van der Waals surface area contributed by atoms with E-state index in [4.69, 9.17) is 21.1 Å². The smallest absolute Gasteiger partial charge is 0.309 e. The van der Waals surface area contributed by atoms with Crippen LogP contribution in [0.3, 0.4) is 0 Å². The summed E-state index contributed by atoms with van der Waals surface area (Å²) in [7, 11) is 0. The fourth-order valence-corrected chi connectivity index (χ4v) is 2.34. The third kappa shape index (κ3) is 5.96. The average Bonchev–Trinajstić information content (AvgIpc) is 2.28. The molecule has 0 aliphatic heterocycles. The summed E-state index contributed by atoms with van der Waals surface area (Å²) in [5.74, 6) is 0.844. The van der Waals surface area contributed by atoms with Crippen LogP contribution in [0.4, 0.5) is 0 Å². The molecule has 4 heteroatoms. The minimum absolute atomic E-state index is 0.232. The Bertz CT molecular complexity index is 501. The van der Waals surface area contributed by atoms with Crippen LogP contribution in [0.5, 0.6) is 5.75 Å². The van der Waals surface area contributed by atoms with Crippen LogP contribution in [0.2, 0.25) is 5.02 Å². The number of benzene rings is 1. The lowest BCUT2D eigenvalue weighted by atomic mass is 10.0. The van der Waals surface area contributed by atoms with Gasteiger partial charge in [-0.2, -0.15) is 0 Å². The number of ether oxygens (including phenoxy) is 2. The molecule has 1 aromatic rings. The monoisotopic (exact) mass is 312 g/mol. The van der Waals surface area contributed by atoms with E-state index in [0.29, 0.717) is 12.5 Å². The zero-order valence-electron chi connectivity index (χ0n) is 13.7. The molecule has 0 saturated heterocycles. The predicted octanol–water partition coefficient (Wildman–Crippen LogP) is 4.88. The van der Waals surface area contributed by atoms with Gasteiger partial charge in [-0.25, -0.2) is 0 Å². The van der Waals surface area contributed by atoms with Crippen LogP contribution in [0.25, 0.3) is 0 Å². The van der Waals surface area contributed by atoms with E-state index in [0.717, 1.165) is 21.9 Å². The molecular weight excluding hydrogens is 288 g/mol. The molecule has 1 aromatic carbocycles. The van der Waals surface area contributed by atoms with Gasteiger partial charge in [-0.3, -0.25) is 4.79 Å². The highest BCUT2D eigenvalue weighted by molar-refractivity contribution is 6.31. The molecule has 1 rings (SSSR count). The molecule has 118 valence electrons. The normalized spacial score (nSPS) is 11.6. The fourth-order valence-electron chi connectivity index (χ4n) is 1.90. The van der Waals surface area contributed by atoms with E-state index in [1.807, 2.05) is 39.8 Å². The molecule has 0 heterocycles. The number of carbonyl (C=O) groups excluding carboxylic acids is 1. The molecule has 0 spiro atoms. The standard InChI is InChI=1S/C17H25ClO3/c1-11(2)13-10-15(12(3)9-14(13)18)20-8-7-16(19)21-17(4,5)6/h9-11H,7-8H2,1-6H3. The third-order valence-corrected chi connectivity index (χ3v) is 3.23. The van der Waals surface area contributed by atoms with Gasteiger partial charge in [0.15, 0.2) is 0 Å². The van der Waals surface area contributed by atoms with Crippen molar-refractivity contribution in [3.8, 4) is 5.75 Å². The van der Waals surface area contributed by atoms with E-state index in [1.54, 1.807) is 0 Å². The number of esters is 1. The summed E-state index contributed by atoms with van der Waals surface area (Å²) in [5.41, 5.74) is 1.56. The molecule has 0 bridgehead atoms. The molecule has 0 aliphatic carbocycles. The maximum atomic E-state index is 11.6. The second kappa shape index (κ2) is 7.17. The van der Waals surface area contributed by atoms with E-state index >= 15 is 0 Å². The first-order valence-corrected chi connectivity index (χ1v) is 7.62. The van der Waals surface area contributed by atoms with Gasteiger partial charge in [-0.15, -0.1) is 0 Å². The van der Waals surface area contributed by atoms with E-state index in [9.17, 15) is 4.79 Å². The van der Waals surface area contributed by atoms with Gasteiger partial charge in [0, 0.05) is 5.02 Å². The van der Waals surface area contributed by atoms with E-state index < -0.39 is 5.60 Å². The zero-order chi connectivity index (χ0) is 16.2. The van der Waals surface area contributed by atoms with Gasteiger partial charge in [-0.1, -0.05) is 25.4 Å². The molecule has 0 aliphatic rings. The van der Waals surface area contributed by atoms with Gasteiger partial charge in [0.1, 0.15) is 11.4 Å². The minimum Gasteiger partial charge on any atom is -0.493 e. The Hall–Kier alpha value is -1.22. The van der Waals surface area contributed by atoms with Crippen molar-refractivity contribution in [1.82, 2.24) is 0 Å². The average molecular weight is 313 g/mol. The van der Waals surface area contributed by atoms with Crippen molar-refractivity contribution in [2.75, 3.05) is 6.61 Å². The number of hydrogen-bond acceptors (Lipinski definition) is 3. The Labute approximate surface area is 132 Å². The van der Waals surface area contributed by atoms with E-state index in [1.165, 1.54) is 0 Å². The molecule has 0 atom stereocenters. The van der Waals surface area contributed by atoms with Crippen LogP contribution in [0.15, 0.2) is 12.1 Å². The van der Waals surface area contributed by atoms with Crippen molar-refractivity contribution in [1.29, 1.82) is 0 Å². The lowest BCUT2D eigenvalue weighted by Gasteiger charge is -2.19. The predicted molar refractivity (Wildman–Crippen MR) is 86.2 cm³/mol. The molecule has 0 radical (unpaired) electrons. The molecule has 0 aromatic heterocycles. The lowest BCUT2D eigenvalue weighted by Crippen LogP contribution is -2.24. The lowest BCUT2D eigenvalue weighted by molar-refractivity contribution is -0.155. The van der Waals surface area contributed by atoms with Crippen molar-refractivity contribution in [3.05, 3.63) is 28.3 Å². The Morgan fingerprint density at radius 1 is 1.29 bits per heavy atom. The Kier molecular flexibility index (Phi) is 6.09. The molecule has 0 N–H and O–H groups in total. The summed E-state index contributed by atoms with van der Waals surface area (Å²) in [4.78, 5) is 11.6. The molecule has 0 saturated carbocycles. The first-order valence-electron chi connectivity index (χ1n) is 7.25. The van der Waals surface area contributed by atoms with Crippen molar-refractivity contribution < 1.29 is 14.3 Å². The summed E-state index contributed by atoms with van der Waals surface area (Å²) in [6, 6.07) is 3.86.